The van der Waals surface area contributed by atoms with Crippen LogP contribution < -0.4 is 10.6 Å². The minimum atomic E-state index is -3.86. The number of halogens is 2. The fraction of sp³-hybridized carbons (Fsp3) is 0.517. The van der Waals surface area contributed by atoms with Gasteiger partial charge in [-0.3, -0.25) is 9.79 Å². The molecule has 2 aromatic carbocycles. The lowest BCUT2D eigenvalue weighted by Gasteiger charge is -2.73. The Bertz CT molecular complexity index is 1490. The molecule has 0 saturated heterocycles. The van der Waals surface area contributed by atoms with Gasteiger partial charge in [0.15, 0.2) is 6.04 Å². The van der Waals surface area contributed by atoms with Crippen molar-refractivity contribution in [2.45, 2.75) is 86.5 Å². The second kappa shape index (κ2) is 8.04. The van der Waals surface area contributed by atoms with Crippen molar-refractivity contribution in [1.82, 2.24) is 14.9 Å². The van der Waals surface area contributed by atoms with E-state index >= 15 is 0 Å². The van der Waals surface area contributed by atoms with E-state index in [-0.39, 0.29) is 33.3 Å². The maximum atomic E-state index is 14.3. The SMILES string of the molecule is CC1(C)NC(C23CC(N(Cc4ccc(Cl)c(F)c4)S(=O)(=O)c4ccccc4)(C2)C3)=NC1C(=O)NC12CC(C1)C2. The van der Waals surface area contributed by atoms with Gasteiger partial charge < -0.3 is 10.6 Å². The summed E-state index contributed by atoms with van der Waals surface area (Å²) in [5, 5.41) is 6.79. The van der Waals surface area contributed by atoms with Crippen molar-refractivity contribution >= 4 is 33.4 Å². The van der Waals surface area contributed by atoms with Crippen LogP contribution in [0.3, 0.4) is 0 Å². The lowest BCUT2D eigenvalue weighted by Crippen LogP contribution is -2.78. The van der Waals surface area contributed by atoms with Crippen LogP contribution in [0.1, 0.15) is 57.9 Å². The minimum Gasteiger partial charge on any atom is -0.366 e. The number of hydrogen-bond acceptors (Lipinski definition) is 5. The van der Waals surface area contributed by atoms with Gasteiger partial charge in [-0.1, -0.05) is 35.9 Å². The van der Waals surface area contributed by atoms with Crippen molar-refractivity contribution in [2.75, 3.05) is 0 Å². The monoisotopic (exact) mass is 570 g/mol. The molecular formula is C29H32ClFN4O3S. The van der Waals surface area contributed by atoms with Gasteiger partial charge in [-0.05, 0) is 88.1 Å². The Labute approximate surface area is 233 Å². The number of nitrogens with zero attached hydrogens (tertiary/aromatic N) is 2. The average Bonchev–Trinajstić information content (AvgIpc) is 3.10. The summed E-state index contributed by atoms with van der Waals surface area (Å²) in [5.74, 6) is 0.979. The van der Waals surface area contributed by atoms with Gasteiger partial charge in [0.2, 0.25) is 15.9 Å². The van der Waals surface area contributed by atoms with E-state index in [1.807, 2.05) is 13.8 Å². The largest absolute Gasteiger partial charge is 0.366 e. The number of rotatable bonds is 8. The number of carbonyl (C=O) groups excluding carboxylic acids is 1. The van der Waals surface area contributed by atoms with Gasteiger partial charge in [0.05, 0.1) is 15.5 Å². The molecule has 1 atom stereocenters. The molecule has 6 aliphatic carbocycles. The standard InChI is InChI=1S/C29H32ClFN4O3S/c1-26(2)23(24(36)33-28-11-19(12-28)13-28)32-25(34-26)27-15-29(16-27,17-27)35(14-18-8-9-21(30)22(31)10-18)39(37,38)20-6-4-3-5-7-20/h3-10,19,23H,11-17H2,1-2H3,(H,32,34)(H,33,36). The van der Waals surface area contributed by atoms with Crippen LogP contribution in [-0.2, 0) is 21.4 Å². The molecule has 1 heterocycles. The minimum absolute atomic E-state index is 0.00115. The van der Waals surface area contributed by atoms with Crippen LogP contribution in [0.5, 0.6) is 0 Å². The molecule has 0 aromatic heterocycles. The Morgan fingerprint density at radius 2 is 1.79 bits per heavy atom. The molecule has 2 N–H and O–H groups in total. The van der Waals surface area contributed by atoms with Crippen molar-refractivity contribution in [1.29, 1.82) is 0 Å². The van der Waals surface area contributed by atoms with E-state index < -0.39 is 33.0 Å². The fourth-order valence-corrected chi connectivity index (χ4v) is 9.49. The quantitative estimate of drug-likeness (QED) is 0.492. The number of amidine groups is 1. The van der Waals surface area contributed by atoms with Crippen LogP contribution >= 0.6 is 11.6 Å². The maximum Gasteiger partial charge on any atom is 0.247 e. The van der Waals surface area contributed by atoms with E-state index in [0.717, 1.165) is 31.0 Å². The summed E-state index contributed by atoms with van der Waals surface area (Å²) in [5.41, 5.74) is -0.867. The molecule has 10 heteroatoms. The molecule has 39 heavy (non-hydrogen) atoms. The maximum absolute atomic E-state index is 14.3. The number of aliphatic imine (C=N–C) groups is 1. The zero-order valence-corrected chi connectivity index (χ0v) is 23.6. The van der Waals surface area contributed by atoms with Gasteiger partial charge in [0, 0.05) is 23.0 Å². The summed E-state index contributed by atoms with van der Waals surface area (Å²) >= 11 is 5.88. The van der Waals surface area contributed by atoms with E-state index in [0.29, 0.717) is 24.8 Å². The highest BCUT2D eigenvalue weighted by Gasteiger charge is 2.75. The Balaban J connectivity index is 1.14. The van der Waals surface area contributed by atoms with Gasteiger partial charge in [-0.15, -0.1) is 0 Å². The Kier molecular flexibility index (Phi) is 5.25. The second-order valence-electron chi connectivity index (χ2n) is 13.1. The van der Waals surface area contributed by atoms with Crippen molar-refractivity contribution in [3.8, 4) is 0 Å². The predicted molar refractivity (Wildman–Crippen MR) is 146 cm³/mol. The third-order valence-corrected chi connectivity index (χ3v) is 12.0. The van der Waals surface area contributed by atoms with Gasteiger partial charge in [0.25, 0.3) is 0 Å². The topological polar surface area (TPSA) is 90.9 Å². The van der Waals surface area contributed by atoms with Gasteiger partial charge in [-0.25, -0.2) is 12.8 Å². The lowest BCUT2D eigenvalue weighted by molar-refractivity contribution is -0.151. The highest BCUT2D eigenvalue weighted by atomic mass is 35.5. The highest BCUT2D eigenvalue weighted by Crippen LogP contribution is 2.71. The Morgan fingerprint density at radius 1 is 1.13 bits per heavy atom. The van der Waals surface area contributed by atoms with E-state index in [4.69, 9.17) is 16.6 Å². The number of sulfonamides is 1. The van der Waals surface area contributed by atoms with Gasteiger partial charge in [0.1, 0.15) is 11.7 Å². The van der Waals surface area contributed by atoms with Gasteiger partial charge in [-0.2, -0.15) is 4.31 Å². The van der Waals surface area contributed by atoms with E-state index in [9.17, 15) is 17.6 Å². The summed E-state index contributed by atoms with van der Waals surface area (Å²) in [7, 11) is -3.86. The first-order valence-corrected chi connectivity index (χ1v) is 15.4. The summed E-state index contributed by atoms with van der Waals surface area (Å²) in [6.45, 7) is 4.04. The molecule has 0 radical (unpaired) electrons. The van der Waals surface area contributed by atoms with Gasteiger partial charge >= 0.3 is 0 Å². The summed E-state index contributed by atoms with van der Waals surface area (Å²) in [6, 6.07) is 12.3. The average molecular weight is 571 g/mol. The molecule has 7 nitrogen and oxygen atoms in total. The molecule has 9 rings (SSSR count). The Hall–Kier alpha value is -2.49. The molecule has 4 bridgehead atoms. The van der Waals surface area contributed by atoms with Crippen LogP contribution in [0.2, 0.25) is 5.02 Å². The number of hydrogen-bond donors (Lipinski definition) is 2. The molecule has 6 saturated carbocycles. The van der Waals surface area contributed by atoms with E-state index in [2.05, 4.69) is 10.6 Å². The zero-order chi connectivity index (χ0) is 27.4. The zero-order valence-electron chi connectivity index (χ0n) is 22.0. The molecular weight excluding hydrogens is 539 g/mol. The fourth-order valence-electron chi connectivity index (χ4n) is 7.59. The summed E-state index contributed by atoms with van der Waals surface area (Å²) in [4.78, 5) is 18.3. The smallest absolute Gasteiger partial charge is 0.247 e. The number of nitrogens with one attached hydrogen (secondary N) is 2. The molecule has 1 amide bonds. The number of amides is 1. The second-order valence-corrected chi connectivity index (χ2v) is 15.4. The molecule has 206 valence electrons. The molecule has 0 spiro atoms. The van der Waals surface area contributed by atoms with Crippen molar-refractivity contribution in [2.24, 2.45) is 16.3 Å². The molecule has 7 aliphatic rings. The van der Waals surface area contributed by atoms with Crippen LogP contribution in [0.25, 0.3) is 0 Å². The predicted octanol–water partition coefficient (Wildman–Crippen LogP) is 4.41. The summed E-state index contributed by atoms with van der Waals surface area (Å²) < 4.78 is 43.6. The molecule has 2 aromatic rings. The number of carbonyl (C=O) groups is 1. The highest BCUT2D eigenvalue weighted by molar-refractivity contribution is 7.89. The number of benzene rings is 2. The Morgan fingerprint density at radius 3 is 2.38 bits per heavy atom. The van der Waals surface area contributed by atoms with Crippen molar-refractivity contribution in [3.05, 3.63) is 64.9 Å². The van der Waals surface area contributed by atoms with E-state index in [1.165, 1.54) is 16.4 Å². The van der Waals surface area contributed by atoms with Crippen LogP contribution in [0.4, 0.5) is 4.39 Å². The van der Waals surface area contributed by atoms with Crippen molar-refractivity contribution < 1.29 is 17.6 Å². The third-order valence-electron chi connectivity index (χ3n) is 9.73. The first-order chi connectivity index (χ1) is 18.4. The summed E-state index contributed by atoms with van der Waals surface area (Å²) in [6.07, 6.45) is 5.03. The van der Waals surface area contributed by atoms with Crippen molar-refractivity contribution in [3.63, 3.8) is 0 Å². The first kappa shape index (κ1) is 25.5. The van der Waals surface area contributed by atoms with E-state index in [1.54, 1.807) is 36.4 Å². The normalized spacial score (nSPS) is 35.1. The van der Waals surface area contributed by atoms with Crippen LogP contribution in [0.15, 0.2) is 58.4 Å². The first-order valence-electron chi connectivity index (χ1n) is 13.6. The molecule has 1 aliphatic heterocycles. The third kappa shape index (κ3) is 3.72. The molecule has 1 unspecified atom stereocenters. The lowest BCUT2D eigenvalue weighted by atomic mass is 9.38. The molecule has 6 fully saturated rings. The van der Waals surface area contributed by atoms with Crippen LogP contribution in [-0.4, -0.2) is 47.1 Å². The van der Waals surface area contributed by atoms with Crippen LogP contribution in [0, 0.1) is 17.2 Å².